The van der Waals surface area contributed by atoms with E-state index in [2.05, 4.69) is 17.0 Å². The third-order valence-corrected chi connectivity index (χ3v) is 3.15. The first-order valence-electron chi connectivity index (χ1n) is 5.72. The van der Waals surface area contributed by atoms with Crippen LogP contribution in [0, 0.1) is 0 Å². The van der Waals surface area contributed by atoms with E-state index < -0.39 is 0 Å². The van der Waals surface area contributed by atoms with Crippen molar-refractivity contribution in [3.05, 3.63) is 17.5 Å². The van der Waals surface area contributed by atoms with Gasteiger partial charge in [-0.2, -0.15) is 0 Å². The second kappa shape index (κ2) is 4.77. The van der Waals surface area contributed by atoms with Crippen LogP contribution in [0.25, 0.3) is 0 Å². The lowest BCUT2D eigenvalue weighted by Crippen LogP contribution is -2.27. The Balaban J connectivity index is 1.95. The lowest BCUT2D eigenvalue weighted by Gasteiger charge is -2.21. The summed E-state index contributed by atoms with van der Waals surface area (Å²) in [5.74, 6) is 0.941. The van der Waals surface area contributed by atoms with Crippen molar-refractivity contribution < 1.29 is 4.52 Å². The van der Waals surface area contributed by atoms with E-state index in [1.165, 1.54) is 25.8 Å². The van der Waals surface area contributed by atoms with E-state index in [0.717, 1.165) is 24.0 Å². The van der Waals surface area contributed by atoms with Gasteiger partial charge in [-0.3, -0.25) is 4.90 Å². The third kappa shape index (κ3) is 2.38. The quantitative estimate of drug-likeness (QED) is 0.816. The lowest BCUT2D eigenvalue weighted by atomic mass is 10.2. The van der Waals surface area contributed by atoms with Crippen LogP contribution in [-0.4, -0.2) is 22.6 Å². The zero-order chi connectivity index (χ0) is 10.7. The minimum atomic E-state index is 0.459. The molecule has 2 heterocycles. The number of hydrogen-bond acceptors (Lipinski definition) is 4. The van der Waals surface area contributed by atoms with Gasteiger partial charge in [-0.15, -0.1) is 0 Å². The molecule has 2 rings (SSSR count). The van der Waals surface area contributed by atoms with Crippen LogP contribution in [0.15, 0.2) is 10.6 Å². The Morgan fingerprint density at radius 3 is 3.20 bits per heavy atom. The first-order chi connectivity index (χ1) is 7.33. The molecule has 1 aliphatic rings. The summed E-state index contributed by atoms with van der Waals surface area (Å²) < 4.78 is 5.24. The standard InChI is InChI=1S/C11H19N3O/c1-2-10-4-3-5-14(10)8-11-6-9(7-12)13-15-11/h6,10H,2-5,7-8,12H2,1H3. The summed E-state index contributed by atoms with van der Waals surface area (Å²) in [6.07, 6.45) is 3.84. The van der Waals surface area contributed by atoms with Crippen molar-refractivity contribution in [2.24, 2.45) is 5.73 Å². The Labute approximate surface area is 90.4 Å². The van der Waals surface area contributed by atoms with E-state index in [1.807, 2.05) is 6.07 Å². The Morgan fingerprint density at radius 2 is 2.53 bits per heavy atom. The van der Waals surface area contributed by atoms with Gasteiger partial charge in [0.05, 0.1) is 12.2 Å². The van der Waals surface area contributed by atoms with Gasteiger partial charge in [-0.1, -0.05) is 12.1 Å². The Morgan fingerprint density at radius 1 is 1.67 bits per heavy atom. The van der Waals surface area contributed by atoms with E-state index in [0.29, 0.717) is 6.54 Å². The van der Waals surface area contributed by atoms with Crippen LogP contribution in [-0.2, 0) is 13.1 Å². The van der Waals surface area contributed by atoms with Crippen molar-refractivity contribution in [1.82, 2.24) is 10.1 Å². The molecule has 1 aromatic heterocycles. The highest BCUT2D eigenvalue weighted by molar-refractivity contribution is 5.05. The van der Waals surface area contributed by atoms with Crippen molar-refractivity contribution >= 4 is 0 Å². The van der Waals surface area contributed by atoms with Crippen LogP contribution in [0.4, 0.5) is 0 Å². The smallest absolute Gasteiger partial charge is 0.151 e. The lowest BCUT2D eigenvalue weighted by molar-refractivity contribution is 0.211. The fourth-order valence-corrected chi connectivity index (χ4v) is 2.29. The van der Waals surface area contributed by atoms with Crippen LogP contribution in [0.2, 0.25) is 0 Å². The number of nitrogens with zero attached hydrogens (tertiary/aromatic N) is 2. The SMILES string of the molecule is CCC1CCCN1Cc1cc(CN)no1. The van der Waals surface area contributed by atoms with Gasteiger partial charge in [-0.25, -0.2) is 0 Å². The number of aromatic nitrogens is 1. The van der Waals surface area contributed by atoms with Gasteiger partial charge >= 0.3 is 0 Å². The second-order valence-corrected chi connectivity index (χ2v) is 4.16. The monoisotopic (exact) mass is 209 g/mol. The van der Waals surface area contributed by atoms with E-state index >= 15 is 0 Å². The van der Waals surface area contributed by atoms with Gasteiger partial charge in [0.25, 0.3) is 0 Å². The van der Waals surface area contributed by atoms with Gasteiger partial charge < -0.3 is 10.3 Å². The summed E-state index contributed by atoms with van der Waals surface area (Å²) in [7, 11) is 0. The molecule has 0 saturated carbocycles. The van der Waals surface area contributed by atoms with Crippen LogP contribution < -0.4 is 5.73 Å². The van der Waals surface area contributed by atoms with Crippen molar-refractivity contribution in [2.75, 3.05) is 6.54 Å². The predicted molar refractivity (Wildman–Crippen MR) is 58.1 cm³/mol. The maximum Gasteiger partial charge on any atom is 0.151 e. The Hall–Kier alpha value is -0.870. The first-order valence-corrected chi connectivity index (χ1v) is 5.72. The van der Waals surface area contributed by atoms with Crippen molar-refractivity contribution in [2.45, 2.75) is 45.3 Å². The van der Waals surface area contributed by atoms with Gasteiger partial charge in [0, 0.05) is 18.7 Å². The molecule has 0 aromatic carbocycles. The highest BCUT2D eigenvalue weighted by Gasteiger charge is 2.23. The summed E-state index contributed by atoms with van der Waals surface area (Å²) in [5.41, 5.74) is 6.33. The molecule has 0 spiro atoms. The molecule has 4 nitrogen and oxygen atoms in total. The number of hydrogen-bond donors (Lipinski definition) is 1. The molecule has 15 heavy (non-hydrogen) atoms. The van der Waals surface area contributed by atoms with Gasteiger partial charge in [0.1, 0.15) is 0 Å². The fraction of sp³-hybridized carbons (Fsp3) is 0.727. The van der Waals surface area contributed by atoms with Crippen LogP contribution >= 0.6 is 0 Å². The second-order valence-electron chi connectivity index (χ2n) is 4.16. The molecule has 1 saturated heterocycles. The molecule has 0 amide bonds. The molecule has 1 atom stereocenters. The minimum absolute atomic E-state index is 0.459. The summed E-state index contributed by atoms with van der Waals surface area (Å²) in [6.45, 7) is 4.76. The number of rotatable bonds is 4. The molecule has 1 fully saturated rings. The topological polar surface area (TPSA) is 55.3 Å². The average molecular weight is 209 g/mol. The van der Waals surface area contributed by atoms with Crippen molar-refractivity contribution in [3.63, 3.8) is 0 Å². The zero-order valence-corrected chi connectivity index (χ0v) is 9.28. The molecule has 0 bridgehead atoms. The Bertz CT molecular complexity index is 311. The number of nitrogens with two attached hydrogens (primary N) is 1. The van der Waals surface area contributed by atoms with Crippen LogP contribution in [0.1, 0.15) is 37.6 Å². The largest absolute Gasteiger partial charge is 0.360 e. The highest BCUT2D eigenvalue weighted by Crippen LogP contribution is 2.22. The normalized spacial score (nSPS) is 22.4. The average Bonchev–Trinajstić information content (AvgIpc) is 2.87. The van der Waals surface area contributed by atoms with Crippen molar-refractivity contribution in [3.8, 4) is 0 Å². The van der Waals surface area contributed by atoms with E-state index in [-0.39, 0.29) is 0 Å². The highest BCUT2D eigenvalue weighted by atomic mass is 16.5. The van der Waals surface area contributed by atoms with E-state index in [1.54, 1.807) is 0 Å². The maximum atomic E-state index is 5.49. The van der Waals surface area contributed by atoms with E-state index in [9.17, 15) is 0 Å². The van der Waals surface area contributed by atoms with E-state index in [4.69, 9.17) is 10.3 Å². The molecule has 2 N–H and O–H groups in total. The predicted octanol–water partition coefficient (Wildman–Crippen LogP) is 1.51. The molecule has 0 radical (unpaired) electrons. The molecular formula is C11H19N3O. The van der Waals surface area contributed by atoms with Gasteiger partial charge in [0.2, 0.25) is 0 Å². The van der Waals surface area contributed by atoms with Crippen LogP contribution in [0.5, 0.6) is 0 Å². The van der Waals surface area contributed by atoms with Gasteiger partial charge in [0.15, 0.2) is 5.76 Å². The molecule has 1 unspecified atom stereocenters. The zero-order valence-electron chi connectivity index (χ0n) is 9.28. The minimum Gasteiger partial charge on any atom is -0.360 e. The summed E-state index contributed by atoms with van der Waals surface area (Å²) in [6, 6.07) is 2.68. The number of likely N-dealkylation sites (tertiary alicyclic amines) is 1. The molecule has 1 aliphatic heterocycles. The molecule has 84 valence electrons. The molecular weight excluding hydrogens is 190 g/mol. The van der Waals surface area contributed by atoms with Crippen molar-refractivity contribution in [1.29, 1.82) is 0 Å². The first kappa shape index (κ1) is 10.6. The fourth-order valence-electron chi connectivity index (χ4n) is 2.29. The summed E-state index contributed by atoms with van der Waals surface area (Å²) in [5, 5.41) is 3.90. The molecule has 0 aliphatic carbocycles. The molecule has 1 aromatic rings. The van der Waals surface area contributed by atoms with Gasteiger partial charge in [-0.05, 0) is 25.8 Å². The maximum absolute atomic E-state index is 5.49. The molecule has 4 heteroatoms. The summed E-state index contributed by atoms with van der Waals surface area (Å²) in [4.78, 5) is 2.47. The van der Waals surface area contributed by atoms with Crippen LogP contribution in [0.3, 0.4) is 0 Å². The third-order valence-electron chi connectivity index (χ3n) is 3.15. The Kier molecular flexibility index (Phi) is 3.38. The summed E-state index contributed by atoms with van der Waals surface area (Å²) >= 11 is 0.